The lowest BCUT2D eigenvalue weighted by atomic mass is 9.82. The summed E-state index contributed by atoms with van der Waals surface area (Å²) in [6.07, 6.45) is 10.5. The number of nitrogens with zero attached hydrogens (tertiary/aromatic N) is 2. The van der Waals surface area contributed by atoms with Gasteiger partial charge in [-0.15, -0.1) is 0 Å². The summed E-state index contributed by atoms with van der Waals surface area (Å²) in [7, 11) is 0. The van der Waals surface area contributed by atoms with E-state index < -0.39 is 5.54 Å². The lowest BCUT2D eigenvalue weighted by Crippen LogP contribution is -2.54. The Morgan fingerprint density at radius 2 is 2.15 bits per heavy atom. The number of nitrogens with two attached hydrogens (primary N) is 1. The number of pyridine rings is 1. The highest BCUT2D eigenvalue weighted by Gasteiger charge is 2.34. The van der Waals surface area contributed by atoms with Crippen LogP contribution in [0.1, 0.15) is 37.7 Å². The van der Waals surface area contributed by atoms with E-state index in [1.165, 1.54) is 6.42 Å². The summed E-state index contributed by atoms with van der Waals surface area (Å²) in [5.74, 6) is -0.0274. The van der Waals surface area contributed by atoms with Crippen molar-refractivity contribution in [1.29, 1.82) is 0 Å². The van der Waals surface area contributed by atoms with E-state index in [0.717, 1.165) is 36.9 Å². The monoisotopic (exact) mass is 272 g/mol. The van der Waals surface area contributed by atoms with Crippen molar-refractivity contribution in [2.75, 3.05) is 0 Å². The van der Waals surface area contributed by atoms with Gasteiger partial charge in [-0.1, -0.05) is 19.3 Å². The third kappa shape index (κ3) is 2.54. The summed E-state index contributed by atoms with van der Waals surface area (Å²) in [6.45, 7) is 0.501. The number of nitrogens with one attached hydrogen (secondary N) is 1. The summed E-state index contributed by atoms with van der Waals surface area (Å²) in [5.41, 5.74) is 7.47. The molecule has 3 rings (SSSR count). The number of amides is 1. The van der Waals surface area contributed by atoms with Crippen molar-refractivity contribution >= 4 is 11.6 Å². The Morgan fingerprint density at radius 3 is 2.95 bits per heavy atom. The number of imidazole rings is 1. The normalized spacial score (nSPS) is 18.1. The van der Waals surface area contributed by atoms with Crippen LogP contribution in [0.4, 0.5) is 0 Å². The number of rotatable bonds is 3. The molecule has 0 aromatic carbocycles. The lowest BCUT2D eigenvalue weighted by Gasteiger charge is -2.31. The molecular weight excluding hydrogens is 252 g/mol. The minimum atomic E-state index is -0.671. The first kappa shape index (κ1) is 13.1. The van der Waals surface area contributed by atoms with Crippen LogP contribution in [0.5, 0.6) is 0 Å². The van der Waals surface area contributed by atoms with Crippen LogP contribution < -0.4 is 11.1 Å². The van der Waals surface area contributed by atoms with E-state index in [1.54, 1.807) is 6.20 Å². The second kappa shape index (κ2) is 5.25. The van der Waals surface area contributed by atoms with Gasteiger partial charge >= 0.3 is 0 Å². The van der Waals surface area contributed by atoms with Gasteiger partial charge in [0.05, 0.1) is 5.54 Å². The average Bonchev–Trinajstić information content (AvgIpc) is 2.93. The van der Waals surface area contributed by atoms with E-state index >= 15 is 0 Å². The van der Waals surface area contributed by atoms with Crippen LogP contribution in [0.3, 0.4) is 0 Å². The minimum Gasteiger partial charge on any atom is -0.350 e. The zero-order valence-electron chi connectivity index (χ0n) is 11.5. The number of carbonyl (C=O) groups excluding carboxylic acids is 1. The van der Waals surface area contributed by atoms with Gasteiger partial charge in [0.15, 0.2) is 0 Å². The van der Waals surface area contributed by atoms with Crippen LogP contribution in [0.25, 0.3) is 5.65 Å². The first-order chi connectivity index (χ1) is 9.67. The van der Waals surface area contributed by atoms with E-state index in [-0.39, 0.29) is 5.91 Å². The van der Waals surface area contributed by atoms with Gasteiger partial charge in [0, 0.05) is 25.1 Å². The fraction of sp³-hybridized carbons (Fsp3) is 0.467. The Labute approximate surface area is 118 Å². The van der Waals surface area contributed by atoms with Crippen molar-refractivity contribution in [3.63, 3.8) is 0 Å². The molecule has 5 nitrogen and oxygen atoms in total. The van der Waals surface area contributed by atoms with Crippen LogP contribution in [0.15, 0.2) is 30.7 Å². The van der Waals surface area contributed by atoms with Crippen molar-refractivity contribution < 1.29 is 4.79 Å². The van der Waals surface area contributed by atoms with Gasteiger partial charge in [0.2, 0.25) is 5.91 Å². The standard InChI is InChI=1S/C15H20N4O/c16-15(5-2-1-3-6-15)14(20)18-11-12-4-8-19-9-7-17-13(19)10-12/h4,7-10H,1-3,5-6,11,16H2,(H,18,20). The second-order valence-corrected chi connectivity index (χ2v) is 5.63. The maximum absolute atomic E-state index is 12.2. The van der Waals surface area contributed by atoms with Gasteiger partial charge in [-0.2, -0.15) is 0 Å². The SMILES string of the molecule is NC1(C(=O)NCc2ccn3ccnc3c2)CCCCC1. The number of hydrogen-bond donors (Lipinski definition) is 2. The van der Waals surface area contributed by atoms with E-state index in [1.807, 2.05) is 28.9 Å². The quantitative estimate of drug-likeness (QED) is 0.891. The van der Waals surface area contributed by atoms with Crippen LogP contribution in [-0.4, -0.2) is 20.8 Å². The molecule has 2 heterocycles. The molecule has 2 aromatic rings. The molecule has 0 atom stereocenters. The molecule has 1 amide bonds. The third-order valence-corrected chi connectivity index (χ3v) is 4.11. The summed E-state index contributed by atoms with van der Waals surface area (Å²) >= 11 is 0. The average molecular weight is 272 g/mol. The van der Waals surface area contributed by atoms with Gasteiger partial charge in [-0.25, -0.2) is 4.98 Å². The molecule has 20 heavy (non-hydrogen) atoms. The maximum atomic E-state index is 12.2. The first-order valence-electron chi connectivity index (χ1n) is 7.16. The molecule has 0 aliphatic heterocycles. The van der Waals surface area contributed by atoms with E-state index in [9.17, 15) is 4.79 Å². The number of fused-ring (bicyclic) bond motifs is 1. The molecule has 5 heteroatoms. The summed E-state index contributed by atoms with van der Waals surface area (Å²) < 4.78 is 1.94. The molecule has 1 fully saturated rings. The lowest BCUT2D eigenvalue weighted by molar-refractivity contribution is -0.127. The van der Waals surface area contributed by atoms with Crippen LogP contribution in [-0.2, 0) is 11.3 Å². The fourth-order valence-electron chi connectivity index (χ4n) is 2.83. The molecule has 0 unspecified atom stereocenters. The number of carbonyl (C=O) groups is 1. The van der Waals surface area contributed by atoms with Gasteiger partial charge in [0.1, 0.15) is 5.65 Å². The summed E-state index contributed by atoms with van der Waals surface area (Å²) in [6, 6.07) is 3.96. The summed E-state index contributed by atoms with van der Waals surface area (Å²) in [5, 5.41) is 2.97. The van der Waals surface area contributed by atoms with Gasteiger partial charge < -0.3 is 15.5 Å². The molecule has 2 aromatic heterocycles. The Kier molecular flexibility index (Phi) is 3.44. The molecule has 0 radical (unpaired) electrons. The molecule has 106 valence electrons. The van der Waals surface area contributed by atoms with Crippen LogP contribution in [0.2, 0.25) is 0 Å². The minimum absolute atomic E-state index is 0.0274. The smallest absolute Gasteiger partial charge is 0.240 e. The molecule has 1 aliphatic carbocycles. The largest absolute Gasteiger partial charge is 0.350 e. The Balaban J connectivity index is 1.64. The van der Waals surface area contributed by atoms with E-state index in [0.29, 0.717) is 6.54 Å². The Morgan fingerprint density at radius 1 is 1.35 bits per heavy atom. The van der Waals surface area contributed by atoms with E-state index in [2.05, 4.69) is 10.3 Å². The number of aromatic nitrogens is 2. The molecule has 1 saturated carbocycles. The predicted molar refractivity (Wildman–Crippen MR) is 77.0 cm³/mol. The summed E-state index contributed by atoms with van der Waals surface area (Å²) in [4.78, 5) is 16.5. The van der Waals surface area contributed by atoms with Crippen molar-refractivity contribution in [2.45, 2.75) is 44.2 Å². The zero-order chi connectivity index (χ0) is 14.0. The molecule has 0 saturated heterocycles. The van der Waals surface area contributed by atoms with E-state index in [4.69, 9.17) is 5.73 Å². The molecule has 0 spiro atoms. The van der Waals surface area contributed by atoms with Crippen LogP contribution in [0, 0.1) is 0 Å². The van der Waals surface area contributed by atoms with Gasteiger partial charge in [-0.05, 0) is 30.5 Å². The second-order valence-electron chi connectivity index (χ2n) is 5.63. The topological polar surface area (TPSA) is 72.4 Å². The Hall–Kier alpha value is -1.88. The molecule has 1 aliphatic rings. The highest BCUT2D eigenvalue weighted by Crippen LogP contribution is 2.26. The molecule has 0 bridgehead atoms. The first-order valence-corrected chi connectivity index (χ1v) is 7.16. The van der Waals surface area contributed by atoms with Crippen molar-refractivity contribution in [1.82, 2.24) is 14.7 Å². The van der Waals surface area contributed by atoms with Gasteiger partial charge in [0.25, 0.3) is 0 Å². The predicted octanol–water partition coefficient (Wildman–Crippen LogP) is 1.61. The maximum Gasteiger partial charge on any atom is 0.240 e. The highest BCUT2D eigenvalue weighted by atomic mass is 16.2. The third-order valence-electron chi connectivity index (χ3n) is 4.11. The van der Waals surface area contributed by atoms with Gasteiger partial charge in [-0.3, -0.25) is 4.79 Å². The molecular formula is C15H20N4O. The van der Waals surface area contributed by atoms with Crippen molar-refractivity contribution in [2.24, 2.45) is 5.73 Å². The fourth-order valence-corrected chi connectivity index (χ4v) is 2.83. The Bertz CT molecular complexity index is 613. The van der Waals surface area contributed by atoms with Crippen molar-refractivity contribution in [3.8, 4) is 0 Å². The van der Waals surface area contributed by atoms with Crippen LogP contribution >= 0.6 is 0 Å². The van der Waals surface area contributed by atoms with Crippen molar-refractivity contribution in [3.05, 3.63) is 36.3 Å². The number of hydrogen-bond acceptors (Lipinski definition) is 3. The highest BCUT2D eigenvalue weighted by molar-refractivity contribution is 5.86. The zero-order valence-corrected chi connectivity index (χ0v) is 11.5. The molecule has 3 N–H and O–H groups in total.